The van der Waals surface area contributed by atoms with Crippen molar-refractivity contribution in [2.75, 3.05) is 12.8 Å². The number of fused-ring (bicyclic) bond motifs is 5. The standard InChI is InChI=1S/C22H22N4O2S2/c1-29-22-24-12-14-18(27)17(20(28)23-11-10-13-6-2-3-7-13)21-26(19(14)25-22)15-8-4-5-9-16(15)30-21/h4-5,8-9,12-13H,2-3,6-7,10-11H2,1H3,(H,23,28). The molecule has 1 N–H and O–H groups in total. The lowest BCUT2D eigenvalue weighted by molar-refractivity contribution is 0.0952. The number of amides is 1. The van der Waals surface area contributed by atoms with Gasteiger partial charge in [0.15, 0.2) is 10.8 Å². The molecule has 1 fully saturated rings. The van der Waals surface area contributed by atoms with Gasteiger partial charge in [0, 0.05) is 12.7 Å². The number of benzene rings is 1. The van der Waals surface area contributed by atoms with Gasteiger partial charge in [-0.25, -0.2) is 9.97 Å². The average Bonchev–Trinajstić information content (AvgIpc) is 3.41. The van der Waals surface area contributed by atoms with Crippen LogP contribution in [0.4, 0.5) is 0 Å². The number of carbonyl (C=O) groups is 1. The molecular formula is C22H22N4O2S2. The van der Waals surface area contributed by atoms with Gasteiger partial charge in [-0.3, -0.25) is 14.0 Å². The maximum atomic E-state index is 13.3. The van der Waals surface area contributed by atoms with Crippen molar-refractivity contribution < 1.29 is 4.79 Å². The first-order valence-electron chi connectivity index (χ1n) is 10.2. The molecule has 1 aromatic carbocycles. The minimum absolute atomic E-state index is 0.190. The fraction of sp³-hybridized carbons (Fsp3) is 0.364. The van der Waals surface area contributed by atoms with Crippen LogP contribution in [0.25, 0.3) is 26.1 Å². The van der Waals surface area contributed by atoms with Crippen molar-refractivity contribution >= 4 is 55.1 Å². The first-order chi connectivity index (χ1) is 14.7. The molecule has 1 saturated carbocycles. The number of para-hydroxylation sites is 1. The normalized spacial score (nSPS) is 14.8. The van der Waals surface area contributed by atoms with Crippen LogP contribution in [0.2, 0.25) is 0 Å². The van der Waals surface area contributed by atoms with E-state index in [1.54, 1.807) is 6.20 Å². The Morgan fingerprint density at radius 1 is 1.30 bits per heavy atom. The highest BCUT2D eigenvalue weighted by molar-refractivity contribution is 7.98. The molecule has 1 aliphatic rings. The smallest absolute Gasteiger partial charge is 0.258 e. The highest BCUT2D eigenvalue weighted by Gasteiger charge is 2.23. The Bertz CT molecular complexity index is 1320. The van der Waals surface area contributed by atoms with E-state index in [-0.39, 0.29) is 16.9 Å². The maximum Gasteiger partial charge on any atom is 0.258 e. The van der Waals surface area contributed by atoms with E-state index in [0.29, 0.717) is 33.5 Å². The largest absolute Gasteiger partial charge is 0.352 e. The number of pyridine rings is 1. The minimum atomic E-state index is -0.308. The molecule has 0 bridgehead atoms. The predicted octanol–water partition coefficient (Wildman–Crippen LogP) is 4.49. The number of thiazole rings is 1. The molecule has 1 aliphatic carbocycles. The summed E-state index contributed by atoms with van der Waals surface area (Å²) in [6.45, 7) is 0.597. The molecule has 154 valence electrons. The van der Waals surface area contributed by atoms with Crippen molar-refractivity contribution in [1.29, 1.82) is 0 Å². The summed E-state index contributed by atoms with van der Waals surface area (Å²) in [7, 11) is 0. The fourth-order valence-electron chi connectivity index (χ4n) is 4.36. The van der Waals surface area contributed by atoms with Gasteiger partial charge in [-0.1, -0.05) is 49.6 Å². The second-order valence-corrected chi connectivity index (χ2v) is 9.51. The minimum Gasteiger partial charge on any atom is -0.352 e. The van der Waals surface area contributed by atoms with Crippen LogP contribution in [0.3, 0.4) is 0 Å². The van der Waals surface area contributed by atoms with Gasteiger partial charge in [0.2, 0.25) is 5.43 Å². The molecule has 0 radical (unpaired) electrons. The average molecular weight is 439 g/mol. The molecule has 0 unspecified atom stereocenters. The van der Waals surface area contributed by atoms with E-state index in [9.17, 15) is 9.59 Å². The Hall–Kier alpha value is -2.45. The Kier molecular flexibility index (Phi) is 5.20. The van der Waals surface area contributed by atoms with E-state index in [1.165, 1.54) is 48.8 Å². The Labute approximate surface area is 181 Å². The number of hydrogen-bond donors (Lipinski definition) is 1. The number of nitrogens with zero attached hydrogens (tertiary/aromatic N) is 3. The molecule has 1 amide bonds. The molecule has 0 atom stereocenters. The lowest BCUT2D eigenvalue weighted by Gasteiger charge is -2.11. The summed E-state index contributed by atoms with van der Waals surface area (Å²) in [5.41, 5.74) is 1.38. The Morgan fingerprint density at radius 2 is 2.10 bits per heavy atom. The summed E-state index contributed by atoms with van der Waals surface area (Å²) in [6.07, 6.45) is 9.46. The molecule has 3 heterocycles. The van der Waals surface area contributed by atoms with Crippen LogP contribution in [0, 0.1) is 5.92 Å². The number of nitrogens with one attached hydrogen (secondary N) is 1. The van der Waals surface area contributed by atoms with Gasteiger partial charge in [0.25, 0.3) is 5.91 Å². The van der Waals surface area contributed by atoms with Gasteiger partial charge in [-0.15, -0.1) is 11.3 Å². The SMILES string of the molecule is CSc1ncc2c(=O)c(C(=O)NCCC3CCCC3)c3sc4ccccc4n3c2n1. The molecule has 0 spiro atoms. The summed E-state index contributed by atoms with van der Waals surface area (Å²) < 4.78 is 2.94. The van der Waals surface area contributed by atoms with Gasteiger partial charge in [0.05, 0.1) is 15.6 Å². The van der Waals surface area contributed by atoms with Crippen LogP contribution in [0.15, 0.2) is 40.4 Å². The van der Waals surface area contributed by atoms with E-state index >= 15 is 0 Å². The summed E-state index contributed by atoms with van der Waals surface area (Å²) in [6, 6.07) is 7.91. The van der Waals surface area contributed by atoms with E-state index in [4.69, 9.17) is 0 Å². The van der Waals surface area contributed by atoms with E-state index < -0.39 is 0 Å². The van der Waals surface area contributed by atoms with E-state index in [0.717, 1.165) is 16.6 Å². The summed E-state index contributed by atoms with van der Waals surface area (Å²) in [5.74, 6) is 0.378. The lowest BCUT2D eigenvalue weighted by atomic mass is 10.0. The maximum absolute atomic E-state index is 13.3. The third-order valence-electron chi connectivity index (χ3n) is 5.88. The van der Waals surface area contributed by atoms with E-state index in [2.05, 4.69) is 15.3 Å². The highest BCUT2D eigenvalue weighted by atomic mass is 32.2. The van der Waals surface area contributed by atoms with Crippen LogP contribution in [-0.4, -0.2) is 33.1 Å². The van der Waals surface area contributed by atoms with Gasteiger partial charge in [-0.2, -0.15) is 0 Å². The fourth-order valence-corrected chi connectivity index (χ4v) is 5.87. The lowest BCUT2D eigenvalue weighted by Crippen LogP contribution is -2.31. The molecule has 5 rings (SSSR count). The molecular weight excluding hydrogens is 416 g/mol. The van der Waals surface area contributed by atoms with Gasteiger partial charge in [-0.05, 0) is 30.7 Å². The molecule has 0 saturated heterocycles. The third kappa shape index (κ3) is 3.28. The van der Waals surface area contributed by atoms with Crippen LogP contribution in [0.5, 0.6) is 0 Å². The summed E-state index contributed by atoms with van der Waals surface area (Å²) >= 11 is 2.88. The number of rotatable bonds is 5. The number of carbonyl (C=O) groups excluding carboxylic acids is 1. The van der Waals surface area contributed by atoms with Crippen molar-refractivity contribution in [2.24, 2.45) is 5.92 Å². The molecule has 3 aromatic heterocycles. The van der Waals surface area contributed by atoms with Crippen molar-refractivity contribution in [3.05, 3.63) is 46.2 Å². The Morgan fingerprint density at radius 3 is 2.90 bits per heavy atom. The van der Waals surface area contributed by atoms with Gasteiger partial charge >= 0.3 is 0 Å². The zero-order valence-corrected chi connectivity index (χ0v) is 18.3. The van der Waals surface area contributed by atoms with Gasteiger partial charge in [0.1, 0.15) is 10.4 Å². The first kappa shape index (κ1) is 19.5. The van der Waals surface area contributed by atoms with E-state index in [1.807, 2.05) is 34.9 Å². The molecule has 4 aromatic rings. The highest BCUT2D eigenvalue weighted by Crippen LogP contribution is 2.31. The first-order valence-corrected chi connectivity index (χ1v) is 12.3. The molecule has 30 heavy (non-hydrogen) atoms. The Balaban J connectivity index is 1.65. The van der Waals surface area contributed by atoms with Crippen LogP contribution >= 0.6 is 23.1 Å². The topological polar surface area (TPSA) is 76.4 Å². The van der Waals surface area contributed by atoms with Crippen molar-refractivity contribution in [2.45, 2.75) is 37.3 Å². The zero-order chi connectivity index (χ0) is 20.7. The summed E-state index contributed by atoms with van der Waals surface area (Å²) in [4.78, 5) is 36.0. The van der Waals surface area contributed by atoms with Crippen molar-refractivity contribution in [3.8, 4) is 0 Å². The second-order valence-electron chi connectivity index (χ2n) is 7.70. The monoisotopic (exact) mass is 438 g/mol. The van der Waals surface area contributed by atoms with Gasteiger partial charge < -0.3 is 5.32 Å². The van der Waals surface area contributed by atoms with Crippen LogP contribution < -0.4 is 10.7 Å². The number of hydrogen-bond acceptors (Lipinski definition) is 6. The molecule has 8 heteroatoms. The quantitative estimate of drug-likeness (QED) is 0.367. The summed E-state index contributed by atoms with van der Waals surface area (Å²) in [5, 5.41) is 3.97. The van der Waals surface area contributed by atoms with Crippen molar-refractivity contribution in [1.82, 2.24) is 19.7 Å². The van der Waals surface area contributed by atoms with Crippen LogP contribution in [-0.2, 0) is 0 Å². The molecule has 6 nitrogen and oxygen atoms in total. The zero-order valence-electron chi connectivity index (χ0n) is 16.7. The molecule has 0 aliphatic heterocycles. The predicted molar refractivity (Wildman–Crippen MR) is 123 cm³/mol. The van der Waals surface area contributed by atoms with Crippen molar-refractivity contribution in [3.63, 3.8) is 0 Å². The van der Waals surface area contributed by atoms with Crippen LogP contribution in [0.1, 0.15) is 42.5 Å². The third-order valence-corrected chi connectivity index (χ3v) is 7.59. The number of thioether (sulfide) groups is 1. The second kappa shape index (κ2) is 8.00. The number of aromatic nitrogens is 3.